The molecule has 26 heavy (non-hydrogen) atoms. The molecule has 2 nitrogen and oxygen atoms in total. The summed E-state index contributed by atoms with van der Waals surface area (Å²) in [6.45, 7) is 3.27. The number of benzene rings is 2. The first-order chi connectivity index (χ1) is 12.8. The molecule has 1 fully saturated rings. The summed E-state index contributed by atoms with van der Waals surface area (Å²) in [4.78, 5) is 7.35. The van der Waals surface area contributed by atoms with Crippen LogP contribution >= 0.6 is 22.9 Å². The number of thiazole rings is 1. The van der Waals surface area contributed by atoms with Crippen LogP contribution in [0.3, 0.4) is 0 Å². The van der Waals surface area contributed by atoms with Gasteiger partial charge in [-0.1, -0.05) is 60.1 Å². The second-order valence-electron chi connectivity index (χ2n) is 7.03. The van der Waals surface area contributed by atoms with Crippen LogP contribution in [0.2, 0.25) is 5.02 Å². The van der Waals surface area contributed by atoms with Crippen molar-refractivity contribution in [3.8, 4) is 10.6 Å². The molecular formula is C22H23ClN2S. The number of halogens is 1. The van der Waals surface area contributed by atoms with E-state index in [1.807, 2.05) is 24.3 Å². The predicted octanol–water partition coefficient (Wildman–Crippen LogP) is 5.92. The van der Waals surface area contributed by atoms with Crippen molar-refractivity contribution in [2.75, 3.05) is 13.1 Å². The molecule has 0 aliphatic carbocycles. The van der Waals surface area contributed by atoms with Gasteiger partial charge in [-0.3, -0.25) is 4.90 Å². The Kier molecular flexibility index (Phi) is 5.68. The molecule has 1 aliphatic rings. The fourth-order valence-corrected chi connectivity index (χ4v) is 4.79. The molecule has 4 rings (SSSR count). The van der Waals surface area contributed by atoms with Crippen LogP contribution in [0.4, 0.5) is 0 Å². The number of piperidine rings is 1. The Labute approximate surface area is 164 Å². The number of rotatable bonds is 5. The van der Waals surface area contributed by atoms with Gasteiger partial charge in [-0.05, 0) is 49.9 Å². The maximum atomic E-state index is 6.30. The van der Waals surface area contributed by atoms with Crippen molar-refractivity contribution in [3.05, 3.63) is 76.3 Å². The first-order valence-electron chi connectivity index (χ1n) is 9.23. The monoisotopic (exact) mass is 382 g/mol. The molecular weight excluding hydrogens is 360 g/mol. The highest BCUT2D eigenvalue weighted by Gasteiger charge is 2.20. The molecule has 0 unspecified atom stereocenters. The fraction of sp³-hybridized carbons (Fsp3) is 0.318. The Morgan fingerprint density at radius 1 is 1.00 bits per heavy atom. The van der Waals surface area contributed by atoms with Crippen molar-refractivity contribution in [1.82, 2.24) is 9.88 Å². The van der Waals surface area contributed by atoms with Crippen LogP contribution in [-0.2, 0) is 13.0 Å². The van der Waals surface area contributed by atoms with Gasteiger partial charge in [-0.25, -0.2) is 4.98 Å². The van der Waals surface area contributed by atoms with Gasteiger partial charge in [0.15, 0.2) is 0 Å². The molecule has 0 saturated carbocycles. The number of nitrogens with zero attached hydrogens (tertiary/aromatic N) is 2. The lowest BCUT2D eigenvalue weighted by Crippen LogP contribution is -2.33. The molecule has 0 radical (unpaired) electrons. The SMILES string of the molecule is Clc1ccccc1-c1nc(CN2CCC(Cc3ccccc3)CC2)cs1. The number of hydrogen-bond acceptors (Lipinski definition) is 3. The average Bonchev–Trinajstić information content (AvgIpc) is 3.13. The molecule has 3 aromatic rings. The molecule has 1 aromatic heterocycles. The van der Waals surface area contributed by atoms with Gasteiger partial charge < -0.3 is 0 Å². The van der Waals surface area contributed by atoms with E-state index in [9.17, 15) is 0 Å². The molecule has 0 spiro atoms. The van der Waals surface area contributed by atoms with Crippen molar-refractivity contribution < 1.29 is 0 Å². The van der Waals surface area contributed by atoms with Gasteiger partial charge in [0.25, 0.3) is 0 Å². The molecule has 2 aromatic carbocycles. The summed E-state index contributed by atoms with van der Waals surface area (Å²) in [7, 11) is 0. The summed E-state index contributed by atoms with van der Waals surface area (Å²) < 4.78 is 0. The Balaban J connectivity index is 1.32. The van der Waals surface area contributed by atoms with Crippen molar-refractivity contribution in [3.63, 3.8) is 0 Å². The maximum Gasteiger partial charge on any atom is 0.125 e. The average molecular weight is 383 g/mol. The molecule has 1 saturated heterocycles. The summed E-state index contributed by atoms with van der Waals surface area (Å²) in [5, 5.41) is 3.97. The molecule has 134 valence electrons. The smallest absolute Gasteiger partial charge is 0.125 e. The normalized spacial score (nSPS) is 16.0. The predicted molar refractivity (Wildman–Crippen MR) is 111 cm³/mol. The molecule has 1 aliphatic heterocycles. The number of aromatic nitrogens is 1. The summed E-state index contributed by atoms with van der Waals surface area (Å²) in [5.41, 5.74) is 3.66. The van der Waals surface area contributed by atoms with E-state index in [4.69, 9.17) is 16.6 Å². The fourth-order valence-electron chi connectivity index (χ4n) is 3.66. The second-order valence-corrected chi connectivity index (χ2v) is 8.30. The molecule has 0 bridgehead atoms. The zero-order valence-electron chi connectivity index (χ0n) is 14.8. The van der Waals surface area contributed by atoms with Gasteiger partial charge >= 0.3 is 0 Å². The summed E-state index contributed by atoms with van der Waals surface area (Å²) in [5.74, 6) is 0.808. The molecule has 4 heteroatoms. The highest BCUT2D eigenvalue weighted by Crippen LogP contribution is 2.31. The van der Waals surface area contributed by atoms with E-state index in [2.05, 4.69) is 40.6 Å². The Morgan fingerprint density at radius 3 is 2.50 bits per heavy atom. The Hall–Kier alpha value is -1.68. The van der Waals surface area contributed by atoms with Crippen LogP contribution in [-0.4, -0.2) is 23.0 Å². The first kappa shape index (κ1) is 17.7. The Bertz CT molecular complexity index is 838. The van der Waals surface area contributed by atoms with E-state index in [1.165, 1.54) is 24.8 Å². The summed E-state index contributed by atoms with van der Waals surface area (Å²) in [6.07, 6.45) is 3.76. The van der Waals surface area contributed by atoms with E-state index < -0.39 is 0 Å². The van der Waals surface area contributed by atoms with E-state index in [-0.39, 0.29) is 0 Å². The quantitative estimate of drug-likeness (QED) is 0.544. The zero-order valence-corrected chi connectivity index (χ0v) is 16.3. The van der Waals surface area contributed by atoms with Crippen LogP contribution < -0.4 is 0 Å². The first-order valence-corrected chi connectivity index (χ1v) is 10.5. The van der Waals surface area contributed by atoms with Gasteiger partial charge in [0.05, 0.1) is 10.7 Å². The van der Waals surface area contributed by atoms with Gasteiger partial charge in [0, 0.05) is 17.5 Å². The van der Waals surface area contributed by atoms with Crippen molar-refractivity contribution in [2.24, 2.45) is 5.92 Å². The minimum Gasteiger partial charge on any atom is -0.297 e. The second kappa shape index (κ2) is 8.34. The van der Waals surface area contributed by atoms with E-state index >= 15 is 0 Å². The van der Waals surface area contributed by atoms with Crippen LogP contribution in [0.15, 0.2) is 60.0 Å². The van der Waals surface area contributed by atoms with Crippen molar-refractivity contribution >= 4 is 22.9 Å². The third kappa shape index (κ3) is 4.35. The van der Waals surface area contributed by atoms with Crippen LogP contribution in [0.1, 0.15) is 24.1 Å². The topological polar surface area (TPSA) is 16.1 Å². The van der Waals surface area contributed by atoms with Gasteiger partial charge in [0.2, 0.25) is 0 Å². The molecule has 2 heterocycles. The van der Waals surface area contributed by atoms with Crippen LogP contribution in [0.5, 0.6) is 0 Å². The van der Waals surface area contributed by atoms with Crippen molar-refractivity contribution in [1.29, 1.82) is 0 Å². The lowest BCUT2D eigenvalue weighted by atomic mass is 9.90. The van der Waals surface area contributed by atoms with E-state index in [0.717, 1.165) is 46.8 Å². The highest BCUT2D eigenvalue weighted by molar-refractivity contribution is 7.13. The van der Waals surface area contributed by atoms with Crippen LogP contribution in [0, 0.1) is 5.92 Å². The van der Waals surface area contributed by atoms with Gasteiger partial charge in [-0.2, -0.15) is 0 Å². The third-order valence-electron chi connectivity index (χ3n) is 5.12. The lowest BCUT2D eigenvalue weighted by Gasteiger charge is -2.31. The number of likely N-dealkylation sites (tertiary alicyclic amines) is 1. The molecule has 0 atom stereocenters. The zero-order chi connectivity index (χ0) is 17.8. The highest BCUT2D eigenvalue weighted by atomic mass is 35.5. The molecule has 0 amide bonds. The van der Waals surface area contributed by atoms with E-state index in [0.29, 0.717) is 0 Å². The minimum atomic E-state index is 0.773. The maximum absolute atomic E-state index is 6.30. The number of hydrogen-bond donors (Lipinski definition) is 0. The third-order valence-corrected chi connectivity index (χ3v) is 6.37. The lowest BCUT2D eigenvalue weighted by molar-refractivity contribution is 0.175. The largest absolute Gasteiger partial charge is 0.297 e. The summed E-state index contributed by atoms with van der Waals surface area (Å²) >= 11 is 7.98. The van der Waals surface area contributed by atoms with Gasteiger partial charge in [0.1, 0.15) is 5.01 Å². The van der Waals surface area contributed by atoms with Gasteiger partial charge in [-0.15, -0.1) is 11.3 Å². The standard InChI is InChI=1S/C22H23ClN2S/c23-21-9-5-4-8-20(21)22-24-19(16-26-22)15-25-12-10-18(11-13-25)14-17-6-2-1-3-7-17/h1-9,16,18H,10-15H2. The van der Waals surface area contributed by atoms with Crippen molar-refractivity contribution in [2.45, 2.75) is 25.8 Å². The van der Waals surface area contributed by atoms with Crippen LogP contribution in [0.25, 0.3) is 10.6 Å². The van der Waals surface area contributed by atoms with E-state index in [1.54, 1.807) is 11.3 Å². The minimum absolute atomic E-state index is 0.773. The summed E-state index contributed by atoms with van der Waals surface area (Å²) in [6, 6.07) is 18.8. The Morgan fingerprint density at radius 2 is 1.73 bits per heavy atom. The molecule has 0 N–H and O–H groups in total.